The number of rotatable bonds is 2. The van der Waals surface area contributed by atoms with Crippen molar-refractivity contribution in [3.8, 4) is 0 Å². The van der Waals surface area contributed by atoms with E-state index in [0.717, 1.165) is 10.0 Å². The molecule has 92 valence electrons. The van der Waals surface area contributed by atoms with Crippen LogP contribution in [0.5, 0.6) is 0 Å². The Kier molecular flexibility index (Phi) is 4.11. The summed E-state index contributed by atoms with van der Waals surface area (Å²) in [6.07, 6.45) is 0. The molecule has 0 saturated heterocycles. The molecule has 0 aliphatic rings. The Bertz CT molecular complexity index is 512. The van der Waals surface area contributed by atoms with E-state index in [0.29, 0.717) is 0 Å². The highest BCUT2D eigenvalue weighted by atomic mass is 35.5. The highest BCUT2D eigenvalue weighted by Gasteiger charge is 2.06. The average Bonchev–Trinajstić information content (AvgIpc) is 2.34. The smallest absolute Gasteiger partial charge is 0.0406 e. The van der Waals surface area contributed by atoms with Crippen LogP contribution in [0.2, 0.25) is 10.0 Å². The summed E-state index contributed by atoms with van der Waals surface area (Å²) in [5.41, 5.74) is 4.83. The van der Waals surface area contributed by atoms with E-state index in [1.807, 2.05) is 48.5 Å². The molecule has 0 radical (unpaired) electrons. The monoisotopic (exact) mass is 276 g/mol. The molecule has 0 unspecified atom stereocenters. The van der Waals surface area contributed by atoms with Crippen LogP contribution in [0.1, 0.15) is 25.0 Å². The summed E-state index contributed by atoms with van der Waals surface area (Å²) < 4.78 is 0. The molecule has 2 aromatic carbocycles. The lowest BCUT2D eigenvalue weighted by molar-refractivity contribution is 1.37. The van der Waals surface area contributed by atoms with Crippen LogP contribution in [0.3, 0.4) is 0 Å². The first-order valence-corrected chi connectivity index (χ1v) is 6.53. The van der Waals surface area contributed by atoms with Gasteiger partial charge in [0.2, 0.25) is 0 Å². The molecule has 0 nitrogen and oxygen atoms in total. The van der Waals surface area contributed by atoms with Crippen molar-refractivity contribution in [1.82, 2.24) is 0 Å². The quantitative estimate of drug-likeness (QED) is 0.647. The number of allylic oxidation sites excluding steroid dienone is 1. The van der Waals surface area contributed by atoms with Crippen LogP contribution in [0.15, 0.2) is 54.1 Å². The second-order valence-corrected chi connectivity index (χ2v) is 5.26. The number of benzene rings is 2. The van der Waals surface area contributed by atoms with Gasteiger partial charge in [-0.3, -0.25) is 0 Å². The van der Waals surface area contributed by atoms with Gasteiger partial charge in [0.1, 0.15) is 0 Å². The second kappa shape index (κ2) is 5.60. The molecule has 2 rings (SSSR count). The molecule has 0 atom stereocenters. The maximum Gasteiger partial charge on any atom is 0.0406 e. The molecule has 0 amide bonds. The van der Waals surface area contributed by atoms with Crippen molar-refractivity contribution in [3.63, 3.8) is 0 Å². The molecule has 2 aromatic rings. The van der Waals surface area contributed by atoms with Gasteiger partial charge in [-0.2, -0.15) is 0 Å². The highest BCUT2D eigenvalue weighted by molar-refractivity contribution is 6.31. The summed E-state index contributed by atoms with van der Waals surface area (Å²) >= 11 is 11.9. The molecule has 0 fully saturated rings. The van der Waals surface area contributed by atoms with E-state index in [-0.39, 0.29) is 0 Å². The zero-order valence-electron chi connectivity index (χ0n) is 10.4. The van der Waals surface area contributed by atoms with Crippen molar-refractivity contribution in [2.75, 3.05) is 0 Å². The predicted molar refractivity (Wildman–Crippen MR) is 80.3 cm³/mol. The zero-order valence-corrected chi connectivity index (χ0v) is 11.9. The fourth-order valence-electron chi connectivity index (χ4n) is 1.98. The lowest BCUT2D eigenvalue weighted by Crippen LogP contribution is -1.90. The van der Waals surface area contributed by atoms with Gasteiger partial charge in [0, 0.05) is 10.0 Å². The molecule has 0 heterocycles. The van der Waals surface area contributed by atoms with Crippen LogP contribution >= 0.6 is 23.2 Å². The fourth-order valence-corrected chi connectivity index (χ4v) is 2.23. The summed E-state index contributed by atoms with van der Waals surface area (Å²) in [7, 11) is 0. The molecule has 2 heteroatoms. The Balaban J connectivity index is 2.51. The summed E-state index contributed by atoms with van der Waals surface area (Å²) in [5, 5.41) is 1.51. The van der Waals surface area contributed by atoms with Gasteiger partial charge in [0.25, 0.3) is 0 Å². The van der Waals surface area contributed by atoms with E-state index in [2.05, 4.69) is 13.8 Å². The van der Waals surface area contributed by atoms with Crippen LogP contribution in [0, 0.1) is 0 Å². The standard InChI is InChI=1S/C16H14Cl2/c1-11(2)16(12-3-7-14(17)8-4-12)13-5-9-15(18)10-6-13/h3-10H,1-2H3. The first-order valence-electron chi connectivity index (χ1n) is 5.77. The minimum absolute atomic E-state index is 0.753. The largest absolute Gasteiger partial charge is 0.0843 e. The summed E-state index contributed by atoms with van der Waals surface area (Å²) in [4.78, 5) is 0. The minimum Gasteiger partial charge on any atom is -0.0843 e. The molecule has 0 saturated carbocycles. The van der Waals surface area contributed by atoms with Gasteiger partial charge in [0.15, 0.2) is 0 Å². The first-order chi connectivity index (χ1) is 8.58. The fraction of sp³-hybridized carbons (Fsp3) is 0.125. The van der Waals surface area contributed by atoms with Crippen molar-refractivity contribution in [3.05, 3.63) is 75.3 Å². The van der Waals surface area contributed by atoms with Crippen LogP contribution in [-0.4, -0.2) is 0 Å². The Morgan fingerprint density at radius 1 is 0.667 bits per heavy atom. The van der Waals surface area contributed by atoms with Crippen molar-refractivity contribution in [2.24, 2.45) is 0 Å². The predicted octanol–water partition coefficient (Wildman–Crippen LogP) is 5.84. The summed E-state index contributed by atoms with van der Waals surface area (Å²) in [6.45, 7) is 4.22. The van der Waals surface area contributed by atoms with E-state index >= 15 is 0 Å². The summed E-state index contributed by atoms with van der Waals surface area (Å²) in [5.74, 6) is 0. The molecule has 0 bridgehead atoms. The van der Waals surface area contributed by atoms with E-state index in [9.17, 15) is 0 Å². The van der Waals surface area contributed by atoms with E-state index in [1.54, 1.807) is 0 Å². The topological polar surface area (TPSA) is 0 Å². The first kappa shape index (κ1) is 13.2. The molecular formula is C16H14Cl2. The van der Waals surface area contributed by atoms with Crippen LogP contribution < -0.4 is 0 Å². The third-order valence-electron chi connectivity index (χ3n) is 2.77. The highest BCUT2D eigenvalue weighted by Crippen LogP contribution is 2.28. The third kappa shape index (κ3) is 2.95. The molecule has 0 N–H and O–H groups in total. The van der Waals surface area contributed by atoms with Crippen molar-refractivity contribution >= 4 is 28.8 Å². The lowest BCUT2D eigenvalue weighted by atomic mass is 9.94. The van der Waals surface area contributed by atoms with Crippen molar-refractivity contribution < 1.29 is 0 Å². The number of hydrogen-bond acceptors (Lipinski definition) is 0. The zero-order chi connectivity index (χ0) is 13.1. The molecule has 0 spiro atoms. The normalized spacial score (nSPS) is 10.2. The molecule has 0 aromatic heterocycles. The van der Waals surface area contributed by atoms with E-state index in [4.69, 9.17) is 23.2 Å². The number of hydrogen-bond donors (Lipinski definition) is 0. The SMILES string of the molecule is CC(C)=C(c1ccc(Cl)cc1)c1ccc(Cl)cc1. The Morgan fingerprint density at radius 2 is 1.00 bits per heavy atom. The van der Waals surface area contributed by atoms with Gasteiger partial charge < -0.3 is 0 Å². The van der Waals surface area contributed by atoms with Gasteiger partial charge >= 0.3 is 0 Å². The third-order valence-corrected chi connectivity index (χ3v) is 3.27. The van der Waals surface area contributed by atoms with Gasteiger partial charge in [0.05, 0.1) is 0 Å². The Labute approximate surface area is 118 Å². The molecule has 18 heavy (non-hydrogen) atoms. The van der Waals surface area contributed by atoms with Crippen LogP contribution in [0.4, 0.5) is 0 Å². The molecule has 0 aliphatic carbocycles. The number of halogens is 2. The van der Waals surface area contributed by atoms with Crippen LogP contribution in [-0.2, 0) is 0 Å². The lowest BCUT2D eigenvalue weighted by Gasteiger charge is -2.11. The Morgan fingerprint density at radius 3 is 1.28 bits per heavy atom. The molecule has 0 aliphatic heterocycles. The van der Waals surface area contributed by atoms with Gasteiger partial charge in [-0.25, -0.2) is 0 Å². The maximum absolute atomic E-state index is 5.93. The van der Waals surface area contributed by atoms with Crippen molar-refractivity contribution in [2.45, 2.75) is 13.8 Å². The van der Waals surface area contributed by atoms with Crippen LogP contribution in [0.25, 0.3) is 5.57 Å². The van der Waals surface area contributed by atoms with Gasteiger partial charge in [-0.05, 0) is 54.8 Å². The average molecular weight is 277 g/mol. The molecular weight excluding hydrogens is 263 g/mol. The van der Waals surface area contributed by atoms with Crippen molar-refractivity contribution in [1.29, 1.82) is 0 Å². The van der Waals surface area contributed by atoms with E-state index < -0.39 is 0 Å². The minimum atomic E-state index is 0.753. The second-order valence-electron chi connectivity index (χ2n) is 4.39. The Hall–Kier alpha value is -1.24. The van der Waals surface area contributed by atoms with E-state index in [1.165, 1.54) is 22.3 Å². The van der Waals surface area contributed by atoms with Gasteiger partial charge in [-0.15, -0.1) is 0 Å². The van der Waals surface area contributed by atoms with Gasteiger partial charge in [-0.1, -0.05) is 53.0 Å². The maximum atomic E-state index is 5.93. The summed E-state index contributed by atoms with van der Waals surface area (Å²) in [6, 6.07) is 15.8.